The van der Waals surface area contributed by atoms with Gasteiger partial charge < -0.3 is 10.2 Å². The lowest BCUT2D eigenvalue weighted by atomic mass is 10.2. The van der Waals surface area contributed by atoms with Crippen molar-refractivity contribution in [2.45, 2.75) is 51.7 Å². The molecule has 3 nitrogen and oxygen atoms in total. The largest absolute Gasteiger partial charge is 0.372 e. The lowest BCUT2D eigenvalue weighted by Crippen LogP contribution is -2.28. The Morgan fingerprint density at radius 2 is 2.29 bits per heavy atom. The molecule has 0 amide bonds. The third-order valence-electron chi connectivity index (χ3n) is 3.61. The summed E-state index contributed by atoms with van der Waals surface area (Å²) in [6, 6.07) is 5.60. The molecule has 1 unspecified atom stereocenters. The maximum absolute atomic E-state index is 4.42. The fraction of sp³-hybridized carbons (Fsp3) is 0.643. The van der Waals surface area contributed by atoms with E-state index in [4.69, 9.17) is 0 Å². The molecule has 1 saturated carbocycles. The highest BCUT2D eigenvalue weighted by Crippen LogP contribution is 2.20. The van der Waals surface area contributed by atoms with Gasteiger partial charge in [0.15, 0.2) is 0 Å². The van der Waals surface area contributed by atoms with Crippen molar-refractivity contribution in [3.05, 3.63) is 24.0 Å². The minimum Gasteiger partial charge on any atom is -0.372 e. The lowest BCUT2D eigenvalue weighted by molar-refractivity contribution is 0.657. The van der Waals surface area contributed by atoms with Crippen molar-refractivity contribution in [3.63, 3.8) is 0 Å². The molecule has 17 heavy (non-hydrogen) atoms. The van der Waals surface area contributed by atoms with Gasteiger partial charge in [-0.05, 0) is 38.3 Å². The summed E-state index contributed by atoms with van der Waals surface area (Å²) in [5.74, 6) is 0. The van der Waals surface area contributed by atoms with Crippen LogP contribution in [0.25, 0.3) is 0 Å². The number of nitrogens with zero attached hydrogens (tertiary/aromatic N) is 2. The van der Waals surface area contributed by atoms with Gasteiger partial charge in [-0.3, -0.25) is 4.98 Å². The third-order valence-corrected chi connectivity index (χ3v) is 3.61. The molecule has 94 valence electrons. The molecule has 0 spiro atoms. The van der Waals surface area contributed by atoms with Crippen LogP contribution >= 0.6 is 0 Å². The molecule has 1 aromatic heterocycles. The molecule has 0 saturated heterocycles. The lowest BCUT2D eigenvalue weighted by Gasteiger charge is -2.26. The molecule has 1 fully saturated rings. The Labute approximate surface area is 104 Å². The summed E-state index contributed by atoms with van der Waals surface area (Å²) in [6.45, 7) is 5.37. The molecular weight excluding hydrogens is 210 g/mol. The van der Waals surface area contributed by atoms with E-state index < -0.39 is 0 Å². The molecule has 0 aromatic carbocycles. The Kier molecular flexibility index (Phi) is 4.00. The van der Waals surface area contributed by atoms with Crippen molar-refractivity contribution in [2.75, 3.05) is 11.9 Å². The normalized spacial score (nSPS) is 16.9. The first kappa shape index (κ1) is 12.4. The Morgan fingerprint density at radius 3 is 2.94 bits per heavy atom. The zero-order valence-electron chi connectivity index (χ0n) is 11.1. The summed E-state index contributed by atoms with van der Waals surface area (Å²) in [5.41, 5.74) is 2.41. The van der Waals surface area contributed by atoms with Crippen molar-refractivity contribution in [3.8, 4) is 0 Å². The van der Waals surface area contributed by atoms with Crippen molar-refractivity contribution in [1.82, 2.24) is 10.3 Å². The van der Waals surface area contributed by atoms with Crippen LogP contribution in [0.4, 0.5) is 5.69 Å². The molecule has 1 atom stereocenters. The van der Waals surface area contributed by atoms with E-state index in [2.05, 4.69) is 48.2 Å². The highest BCUT2D eigenvalue weighted by molar-refractivity contribution is 5.46. The number of pyridine rings is 1. The van der Waals surface area contributed by atoms with Crippen LogP contribution in [-0.2, 0) is 6.54 Å². The molecule has 0 aliphatic heterocycles. The van der Waals surface area contributed by atoms with Crippen molar-refractivity contribution in [1.29, 1.82) is 0 Å². The maximum atomic E-state index is 4.42. The maximum Gasteiger partial charge on any atom is 0.0562 e. The molecule has 1 N–H and O–H groups in total. The SMILES string of the molecule is CCC(C)N(C)c1ccnc(CNC2CC2)c1. The van der Waals surface area contributed by atoms with Crippen LogP contribution in [0.2, 0.25) is 0 Å². The van der Waals surface area contributed by atoms with E-state index in [1.165, 1.54) is 18.5 Å². The van der Waals surface area contributed by atoms with Crippen molar-refractivity contribution < 1.29 is 0 Å². The van der Waals surface area contributed by atoms with Crippen molar-refractivity contribution in [2.24, 2.45) is 0 Å². The van der Waals surface area contributed by atoms with E-state index in [1.807, 2.05) is 6.20 Å². The first-order valence-electron chi connectivity index (χ1n) is 6.62. The van der Waals surface area contributed by atoms with Crippen LogP contribution in [0.15, 0.2) is 18.3 Å². The van der Waals surface area contributed by atoms with Crippen LogP contribution in [0, 0.1) is 0 Å². The predicted octanol–water partition coefficient (Wildman–Crippen LogP) is 2.57. The van der Waals surface area contributed by atoms with Crippen LogP contribution < -0.4 is 10.2 Å². The van der Waals surface area contributed by atoms with Gasteiger partial charge in [-0.25, -0.2) is 0 Å². The highest BCUT2D eigenvalue weighted by atomic mass is 15.1. The second kappa shape index (κ2) is 5.50. The van der Waals surface area contributed by atoms with Gasteiger partial charge in [-0.2, -0.15) is 0 Å². The van der Waals surface area contributed by atoms with E-state index in [9.17, 15) is 0 Å². The average molecular weight is 233 g/mol. The first-order valence-corrected chi connectivity index (χ1v) is 6.62. The number of rotatable bonds is 6. The quantitative estimate of drug-likeness (QED) is 0.818. The molecule has 3 heteroatoms. The average Bonchev–Trinajstić information content (AvgIpc) is 3.19. The second-order valence-electron chi connectivity index (χ2n) is 5.03. The molecule has 2 rings (SSSR count). The number of anilines is 1. The number of hydrogen-bond acceptors (Lipinski definition) is 3. The molecule has 1 heterocycles. The highest BCUT2D eigenvalue weighted by Gasteiger charge is 2.20. The number of hydrogen-bond donors (Lipinski definition) is 1. The molecule has 1 aromatic rings. The van der Waals surface area contributed by atoms with Gasteiger partial charge in [0.1, 0.15) is 0 Å². The van der Waals surface area contributed by atoms with E-state index in [0.29, 0.717) is 6.04 Å². The minimum atomic E-state index is 0.571. The van der Waals surface area contributed by atoms with Gasteiger partial charge in [-0.15, -0.1) is 0 Å². The minimum absolute atomic E-state index is 0.571. The van der Waals surface area contributed by atoms with Crippen LogP contribution in [0.1, 0.15) is 38.8 Å². The van der Waals surface area contributed by atoms with Gasteiger partial charge >= 0.3 is 0 Å². The van der Waals surface area contributed by atoms with Gasteiger partial charge in [0.05, 0.1) is 5.69 Å². The molecule has 1 aliphatic rings. The molecular formula is C14H23N3. The summed E-state index contributed by atoms with van der Waals surface area (Å²) < 4.78 is 0. The zero-order valence-corrected chi connectivity index (χ0v) is 11.1. The van der Waals surface area contributed by atoms with Crippen molar-refractivity contribution >= 4 is 5.69 Å². The Balaban J connectivity index is 1.99. The predicted molar refractivity (Wildman–Crippen MR) is 72.3 cm³/mol. The van der Waals surface area contributed by atoms with Crippen LogP contribution in [-0.4, -0.2) is 24.1 Å². The van der Waals surface area contributed by atoms with Gasteiger partial charge in [0.2, 0.25) is 0 Å². The zero-order chi connectivity index (χ0) is 12.3. The summed E-state index contributed by atoms with van der Waals surface area (Å²) in [7, 11) is 2.15. The molecule has 0 bridgehead atoms. The van der Waals surface area contributed by atoms with E-state index in [1.54, 1.807) is 0 Å². The number of aromatic nitrogens is 1. The fourth-order valence-corrected chi connectivity index (χ4v) is 1.85. The Morgan fingerprint density at radius 1 is 1.53 bits per heavy atom. The fourth-order valence-electron chi connectivity index (χ4n) is 1.85. The second-order valence-corrected chi connectivity index (χ2v) is 5.03. The number of nitrogens with one attached hydrogen (secondary N) is 1. The topological polar surface area (TPSA) is 28.2 Å². The van der Waals surface area contributed by atoms with E-state index >= 15 is 0 Å². The van der Waals surface area contributed by atoms with E-state index in [-0.39, 0.29) is 0 Å². The van der Waals surface area contributed by atoms with Gasteiger partial charge in [-0.1, -0.05) is 6.92 Å². The third kappa shape index (κ3) is 3.43. The van der Waals surface area contributed by atoms with Gasteiger partial charge in [0, 0.05) is 37.6 Å². The molecule has 1 aliphatic carbocycles. The summed E-state index contributed by atoms with van der Waals surface area (Å²) in [6.07, 6.45) is 5.73. The van der Waals surface area contributed by atoms with Gasteiger partial charge in [0.25, 0.3) is 0 Å². The smallest absolute Gasteiger partial charge is 0.0562 e. The Bertz CT molecular complexity index is 360. The summed E-state index contributed by atoms with van der Waals surface area (Å²) in [4.78, 5) is 6.74. The van der Waals surface area contributed by atoms with Crippen LogP contribution in [0.5, 0.6) is 0 Å². The summed E-state index contributed by atoms with van der Waals surface area (Å²) >= 11 is 0. The van der Waals surface area contributed by atoms with Crippen LogP contribution in [0.3, 0.4) is 0 Å². The monoisotopic (exact) mass is 233 g/mol. The van der Waals surface area contributed by atoms with E-state index in [0.717, 1.165) is 24.7 Å². The Hall–Kier alpha value is -1.09. The first-order chi connectivity index (χ1) is 8.20. The standard InChI is InChI=1S/C14H23N3/c1-4-11(2)17(3)14-7-8-15-13(9-14)10-16-12-5-6-12/h7-9,11-12,16H,4-6,10H2,1-3H3. The summed E-state index contributed by atoms with van der Waals surface area (Å²) in [5, 5.41) is 3.50. The molecule has 0 radical (unpaired) electrons.